The molecule has 1 atom stereocenters. The van der Waals surface area contributed by atoms with E-state index >= 15 is 0 Å². The summed E-state index contributed by atoms with van der Waals surface area (Å²) in [6.07, 6.45) is 1.60. The molecule has 0 bridgehead atoms. The number of nitrogens with zero attached hydrogens (tertiary/aromatic N) is 2. The van der Waals surface area contributed by atoms with E-state index < -0.39 is 0 Å². The van der Waals surface area contributed by atoms with E-state index in [0.717, 1.165) is 17.0 Å². The van der Waals surface area contributed by atoms with Gasteiger partial charge in [-0.2, -0.15) is 0 Å². The highest BCUT2D eigenvalue weighted by atomic mass is 16.5. The third-order valence-corrected chi connectivity index (χ3v) is 3.75. The van der Waals surface area contributed by atoms with Crippen LogP contribution >= 0.6 is 0 Å². The minimum atomic E-state index is -0.126. The summed E-state index contributed by atoms with van der Waals surface area (Å²) in [5.41, 5.74) is 2.50. The molecule has 23 heavy (non-hydrogen) atoms. The number of carbonyl (C=O) groups is 1. The normalized spacial score (nSPS) is 12.0. The Morgan fingerprint density at radius 1 is 1.26 bits per heavy atom. The number of hydrogen-bond donors (Lipinski definition) is 1. The number of para-hydroxylation sites is 1. The molecule has 0 saturated carbocycles. The molecule has 0 radical (unpaired) electrons. The molecular weight excluding hydrogens is 290 g/mol. The average Bonchev–Trinajstić information content (AvgIpc) is 2.55. The quantitative estimate of drug-likeness (QED) is 0.890. The van der Waals surface area contributed by atoms with Crippen LogP contribution in [0.25, 0.3) is 0 Å². The van der Waals surface area contributed by atoms with E-state index in [1.807, 2.05) is 51.4 Å². The van der Waals surface area contributed by atoms with Gasteiger partial charge in [0.15, 0.2) is 0 Å². The minimum Gasteiger partial charge on any atom is -0.496 e. The predicted molar refractivity (Wildman–Crippen MR) is 90.7 cm³/mol. The molecule has 0 aliphatic heterocycles. The van der Waals surface area contributed by atoms with Gasteiger partial charge in [0.25, 0.3) is 5.91 Å². The molecule has 0 fully saturated rings. The maximum absolute atomic E-state index is 12.3. The third kappa shape index (κ3) is 4.29. The lowest BCUT2D eigenvalue weighted by Gasteiger charge is -2.26. The first-order chi connectivity index (χ1) is 11.0. The Morgan fingerprint density at radius 3 is 2.61 bits per heavy atom. The van der Waals surface area contributed by atoms with Crippen molar-refractivity contribution < 1.29 is 9.53 Å². The average molecular weight is 313 g/mol. The van der Waals surface area contributed by atoms with Gasteiger partial charge in [0.2, 0.25) is 0 Å². The second-order valence-corrected chi connectivity index (χ2v) is 5.62. The first kappa shape index (κ1) is 17.0. The van der Waals surface area contributed by atoms with Crippen LogP contribution in [0.4, 0.5) is 0 Å². The van der Waals surface area contributed by atoms with Crippen molar-refractivity contribution in [1.82, 2.24) is 15.2 Å². The van der Waals surface area contributed by atoms with Gasteiger partial charge in [-0.1, -0.05) is 18.2 Å². The number of methoxy groups -OCH3 is 1. The molecule has 2 aromatic rings. The smallest absolute Gasteiger partial charge is 0.252 e. The molecule has 1 aromatic carbocycles. The molecule has 0 aliphatic rings. The van der Waals surface area contributed by atoms with Crippen LogP contribution in [0.5, 0.6) is 5.75 Å². The van der Waals surface area contributed by atoms with Crippen LogP contribution < -0.4 is 10.1 Å². The van der Waals surface area contributed by atoms with Gasteiger partial charge in [0.1, 0.15) is 5.75 Å². The van der Waals surface area contributed by atoms with Crippen LogP contribution in [-0.2, 0) is 0 Å². The molecule has 5 nitrogen and oxygen atoms in total. The van der Waals surface area contributed by atoms with E-state index in [1.54, 1.807) is 19.4 Å². The van der Waals surface area contributed by atoms with E-state index in [4.69, 9.17) is 4.74 Å². The van der Waals surface area contributed by atoms with Crippen molar-refractivity contribution in [3.05, 3.63) is 59.4 Å². The van der Waals surface area contributed by atoms with Crippen molar-refractivity contribution in [2.24, 2.45) is 0 Å². The molecule has 1 heterocycles. The molecule has 122 valence electrons. The maximum Gasteiger partial charge on any atom is 0.252 e. The van der Waals surface area contributed by atoms with Crippen LogP contribution in [0.1, 0.15) is 27.7 Å². The number of pyridine rings is 1. The van der Waals surface area contributed by atoms with E-state index in [9.17, 15) is 4.79 Å². The third-order valence-electron chi connectivity index (χ3n) is 3.75. The molecule has 5 heteroatoms. The molecule has 1 unspecified atom stereocenters. The molecule has 2 rings (SSSR count). The fraction of sp³-hybridized carbons (Fsp3) is 0.333. The van der Waals surface area contributed by atoms with Gasteiger partial charge in [-0.3, -0.25) is 9.78 Å². The molecule has 1 N–H and O–H groups in total. The number of likely N-dealkylation sites (N-methyl/N-ethyl adjacent to an activating group) is 1. The molecular formula is C18H23N3O2. The monoisotopic (exact) mass is 313 g/mol. The number of ether oxygens (including phenoxy) is 1. The topological polar surface area (TPSA) is 54.5 Å². The summed E-state index contributed by atoms with van der Waals surface area (Å²) in [6.45, 7) is 2.38. The second-order valence-electron chi connectivity index (χ2n) is 5.62. The maximum atomic E-state index is 12.3. The zero-order valence-corrected chi connectivity index (χ0v) is 14.0. The zero-order chi connectivity index (χ0) is 16.8. The number of benzene rings is 1. The number of hydrogen-bond acceptors (Lipinski definition) is 4. The van der Waals surface area contributed by atoms with Crippen molar-refractivity contribution in [1.29, 1.82) is 0 Å². The number of carbonyl (C=O) groups excluding carboxylic acids is 1. The Bertz CT molecular complexity index is 654. The van der Waals surface area contributed by atoms with Gasteiger partial charge in [-0.05, 0) is 39.2 Å². The summed E-state index contributed by atoms with van der Waals surface area (Å²) >= 11 is 0. The molecule has 0 saturated heterocycles. The summed E-state index contributed by atoms with van der Waals surface area (Å²) in [4.78, 5) is 18.5. The summed E-state index contributed by atoms with van der Waals surface area (Å²) in [5.74, 6) is 0.691. The summed E-state index contributed by atoms with van der Waals surface area (Å²) in [5, 5.41) is 2.97. The largest absolute Gasteiger partial charge is 0.496 e. The van der Waals surface area contributed by atoms with Gasteiger partial charge < -0.3 is 15.0 Å². The highest BCUT2D eigenvalue weighted by Crippen LogP contribution is 2.27. The summed E-state index contributed by atoms with van der Waals surface area (Å²) < 4.78 is 5.43. The highest BCUT2D eigenvalue weighted by Gasteiger charge is 2.19. The van der Waals surface area contributed by atoms with E-state index in [1.165, 1.54) is 0 Å². The summed E-state index contributed by atoms with van der Waals surface area (Å²) in [6, 6.07) is 11.5. The van der Waals surface area contributed by atoms with Crippen molar-refractivity contribution in [2.75, 3.05) is 27.7 Å². The van der Waals surface area contributed by atoms with Crippen LogP contribution in [0.2, 0.25) is 0 Å². The van der Waals surface area contributed by atoms with Gasteiger partial charge in [-0.25, -0.2) is 0 Å². The number of amides is 1. The highest BCUT2D eigenvalue weighted by molar-refractivity contribution is 5.93. The van der Waals surface area contributed by atoms with E-state index in [-0.39, 0.29) is 11.9 Å². The first-order valence-electron chi connectivity index (χ1n) is 7.53. The van der Waals surface area contributed by atoms with Gasteiger partial charge in [0, 0.05) is 24.0 Å². The van der Waals surface area contributed by atoms with Gasteiger partial charge in [0.05, 0.1) is 18.7 Å². The Labute approximate surface area is 137 Å². The zero-order valence-electron chi connectivity index (χ0n) is 14.0. The van der Waals surface area contributed by atoms with Crippen LogP contribution in [0.3, 0.4) is 0 Å². The second kappa shape index (κ2) is 7.74. The Hall–Kier alpha value is -2.40. The molecule has 0 spiro atoms. The molecule has 0 aliphatic carbocycles. The van der Waals surface area contributed by atoms with Gasteiger partial charge >= 0.3 is 0 Å². The lowest BCUT2D eigenvalue weighted by Crippen LogP contribution is -2.34. The molecule has 1 amide bonds. The fourth-order valence-corrected chi connectivity index (χ4v) is 2.41. The minimum absolute atomic E-state index is 0.0218. The molecule has 1 aromatic heterocycles. The van der Waals surface area contributed by atoms with Crippen LogP contribution in [-0.4, -0.2) is 43.5 Å². The van der Waals surface area contributed by atoms with Gasteiger partial charge in [-0.15, -0.1) is 0 Å². The number of aryl methyl sites for hydroxylation is 1. The van der Waals surface area contributed by atoms with E-state index in [2.05, 4.69) is 15.2 Å². The SMILES string of the molecule is COc1ccccc1C(CNC(=O)c1ccc(C)nc1)N(C)C. The Balaban J connectivity index is 2.11. The lowest BCUT2D eigenvalue weighted by atomic mass is 10.0. The summed E-state index contributed by atoms with van der Waals surface area (Å²) in [7, 11) is 5.62. The van der Waals surface area contributed by atoms with Crippen molar-refractivity contribution in [2.45, 2.75) is 13.0 Å². The number of nitrogens with one attached hydrogen (secondary N) is 1. The van der Waals surface area contributed by atoms with Crippen molar-refractivity contribution in [3.8, 4) is 5.75 Å². The lowest BCUT2D eigenvalue weighted by molar-refractivity contribution is 0.0941. The number of rotatable bonds is 6. The number of aromatic nitrogens is 1. The van der Waals surface area contributed by atoms with Crippen LogP contribution in [0, 0.1) is 6.92 Å². The Morgan fingerprint density at radius 2 is 2.00 bits per heavy atom. The first-order valence-corrected chi connectivity index (χ1v) is 7.53. The van der Waals surface area contributed by atoms with Crippen molar-refractivity contribution >= 4 is 5.91 Å². The van der Waals surface area contributed by atoms with Crippen molar-refractivity contribution in [3.63, 3.8) is 0 Å². The predicted octanol–water partition coefficient (Wildman–Crippen LogP) is 2.43. The fourth-order valence-electron chi connectivity index (χ4n) is 2.41. The van der Waals surface area contributed by atoms with Crippen LogP contribution in [0.15, 0.2) is 42.6 Å². The Kier molecular flexibility index (Phi) is 5.71. The van der Waals surface area contributed by atoms with E-state index in [0.29, 0.717) is 12.1 Å². The standard InChI is InChI=1S/C18H23N3O2/c1-13-9-10-14(11-19-13)18(22)20-12-16(21(2)3)15-7-5-6-8-17(15)23-4/h5-11,16H,12H2,1-4H3,(H,20,22).